The molecule has 0 saturated heterocycles. The maximum atomic E-state index is 11.9. The highest BCUT2D eigenvalue weighted by molar-refractivity contribution is 6.04. The summed E-state index contributed by atoms with van der Waals surface area (Å²) >= 11 is 0. The van der Waals surface area contributed by atoms with Crippen LogP contribution >= 0.6 is 0 Å². The largest absolute Gasteiger partial charge is 0.478 e. The topological polar surface area (TPSA) is 95.1 Å². The number of amides is 1. The Bertz CT molecular complexity index is 646. The van der Waals surface area contributed by atoms with E-state index in [0.29, 0.717) is 11.3 Å². The van der Waals surface area contributed by atoms with Gasteiger partial charge >= 0.3 is 5.97 Å². The van der Waals surface area contributed by atoms with Crippen molar-refractivity contribution in [3.8, 4) is 0 Å². The first-order valence-electron chi connectivity index (χ1n) is 5.65. The molecule has 3 N–H and O–H groups in total. The predicted molar refractivity (Wildman–Crippen MR) is 69.4 cm³/mol. The number of anilines is 1. The van der Waals surface area contributed by atoms with E-state index >= 15 is 0 Å². The zero-order valence-corrected chi connectivity index (χ0v) is 10.5. The molecule has 0 unspecified atom stereocenters. The second kappa shape index (κ2) is 4.93. The summed E-state index contributed by atoms with van der Waals surface area (Å²) in [5, 5.41) is 18.2. The van der Waals surface area contributed by atoms with Crippen LogP contribution in [0.3, 0.4) is 0 Å². The number of aryl methyl sites for hydroxylation is 1. The number of rotatable bonds is 3. The molecule has 6 nitrogen and oxygen atoms in total. The number of carboxylic acid groups (broad SMARTS) is 1. The van der Waals surface area contributed by atoms with Crippen molar-refractivity contribution in [1.29, 1.82) is 0 Å². The van der Waals surface area contributed by atoms with Gasteiger partial charge in [0, 0.05) is 11.4 Å². The second-order valence-corrected chi connectivity index (χ2v) is 4.17. The summed E-state index contributed by atoms with van der Waals surface area (Å²) in [6.07, 6.45) is 0. The number of aromatic carboxylic acids is 1. The van der Waals surface area contributed by atoms with Crippen molar-refractivity contribution in [1.82, 2.24) is 10.2 Å². The molecule has 0 fully saturated rings. The van der Waals surface area contributed by atoms with Crippen molar-refractivity contribution >= 4 is 17.6 Å². The van der Waals surface area contributed by atoms with Gasteiger partial charge in [0.2, 0.25) is 0 Å². The summed E-state index contributed by atoms with van der Waals surface area (Å²) in [6, 6.07) is 6.35. The first-order valence-corrected chi connectivity index (χ1v) is 5.65. The predicted octanol–water partition coefficient (Wildman–Crippen LogP) is 1.98. The molecule has 2 rings (SSSR count). The van der Waals surface area contributed by atoms with Crippen molar-refractivity contribution < 1.29 is 14.7 Å². The van der Waals surface area contributed by atoms with Crippen LogP contribution in [0.15, 0.2) is 24.3 Å². The van der Waals surface area contributed by atoms with Gasteiger partial charge in [-0.3, -0.25) is 9.89 Å². The normalized spacial score (nSPS) is 10.2. The van der Waals surface area contributed by atoms with Gasteiger partial charge in [-0.05, 0) is 37.6 Å². The first kappa shape index (κ1) is 12.8. The van der Waals surface area contributed by atoms with Gasteiger partial charge in [0.25, 0.3) is 5.91 Å². The van der Waals surface area contributed by atoms with Crippen LogP contribution in [-0.2, 0) is 0 Å². The molecule has 0 bridgehead atoms. The third kappa shape index (κ3) is 2.62. The monoisotopic (exact) mass is 259 g/mol. The average molecular weight is 259 g/mol. The number of aromatic amines is 1. The van der Waals surface area contributed by atoms with Gasteiger partial charge in [0.1, 0.15) is 0 Å². The SMILES string of the molecule is Cc1cc(C(=O)Nc2cccc(C(=O)O)c2C)n[nH]1. The molecule has 19 heavy (non-hydrogen) atoms. The van der Waals surface area contributed by atoms with Gasteiger partial charge in [-0.25, -0.2) is 4.79 Å². The molecular weight excluding hydrogens is 246 g/mol. The molecule has 1 amide bonds. The molecule has 98 valence electrons. The molecular formula is C13H13N3O3. The minimum Gasteiger partial charge on any atom is -0.478 e. The van der Waals surface area contributed by atoms with E-state index in [0.717, 1.165) is 5.69 Å². The number of benzene rings is 1. The Morgan fingerprint density at radius 1 is 1.32 bits per heavy atom. The van der Waals surface area contributed by atoms with Gasteiger partial charge in [-0.2, -0.15) is 5.10 Å². The van der Waals surface area contributed by atoms with E-state index in [1.807, 2.05) is 0 Å². The lowest BCUT2D eigenvalue weighted by atomic mass is 10.1. The smallest absolute Gasteiger partial charge is 0.336 e. The lowest BCUT2D eigenvalue weighted by Gasteiger charge is -2.09. The number of nitrogens with zero attached hydrogens (tertiary/aromatic N) is 1. The summed E-state index contributed by atoms with van der Waals surface area (Å²) < 4.78 is 0. The quantitative estimate of drug-likeness (QED) is 0.785. The molecule has 6 heteroatoms. The van der Waals surface area contributed by atoms with Crippen molar-refractivity contribution in [2.24, 2.45) is 0 Å². The number of carbonyl (C=O) groups is 2. The highest BCUT2D eigenvalue weighted by atomic mass is 16.4. The number of hydrogen-bond donors (Lipinski definition) is 3. The minimum atomic E-state index is -1.02. The van der Waals surface area contributed by atoms with E-state index in [1.54, 1.807) is 32.0 Å². The van der Waals surface area contributed by atoms with Crippen LogP contribution < -0.4 is 5.32 Å². The Labute approximate surface area is 109 Å². The van der Waals surface area contributed by atoms with E-state index in [2.05, 4.69) is 15.5 Å². The number of aromatic nitrogens is 2. The number of nitrogens with one attached hydrogen (secondary N) is 2. The Balaban J connectivity index is 2.27. The summed E-state index contributed by atoms with van der Waals surface area (Å²) in [6.45, 7) is 3.44. The average Bonchev–Trinajstić information content (AvgIpc) is 2.78. The number of H-pyrrole nitrogens is 1. The van der Waals surface area contributed by atoms with E-state index in [-0.39, 0.29) is 17.2 Å². The van der Waals surface area contributed by atoms with Gasteiger partial charge < -0.3 is 10.4 Å². The molecule has 0 aliphatic carbocycles. The fraction of sp³-hybridized carbons (Fsp3) is 0.154. The second-order valence-electron chi connectivity index (χ2n) is 4.17. The summed E-state index contributed by atoms with van der Waals surface area (Å²) in [7, 11) is 0. The Hall–Kier alpha value is -2.63. The van der Waals surface area contributed by atoms with E-state index in [9.17, 15) is 9.59 Å². The Morgan fingerprint density at radius 3 is 2.63 bits per heavy atom. The summed E-state index contributed by atoms with van der Waals surface area (Å²) in [5.74, 6) is -1.40. The first-order chi connectivity index (χ1) is 8.99. The number of hydrogen-bond acceptors (Lipinski definition) is 3. The van der Waals surface area contributed by atoms with Crippen LogP contribution in [-0.4, -0.2) is 27.2 Å². The van der Waals surface area contributed by atoms with Crippen molar-refractivity contribution in [2.75, 3.05) is 5.32 Å². The van der Waals surface area contributed by atoms with Crippen LogP contribution in [0, 0.1) is 13.8 Å². The van der Waals surface area contributed by atoms with E-state index in [4.69, 9.17) is 5.11 Å². The lowest BCUT2D eigenvalue weighted by molar-refractivity contribution is 0.0695. The molecule has 0 saturated carbocycles. The van der Waals surface area contributed by atoms with Crippen LogP contribution in [0.1, 0.15) is 32.1 Å². The highest BCUT2D eigenvalue weighted by Crippen LogP contribution is 2.19. The fourth-order valence-corrected chi connectivity index (χ4v) is 1.72. The number of carbonyl (C=O) groups excluding carboxylic acids is 1. The zero-order chi connectivity index (χ0) is 14.0. The molecule has 2 aromatic rings. The Kier molecular flexibility index (Phi) is 3.33. The summed E-state index contributed by atoms with van der Waals surface area (Å²) in [4.78, 5) is 22.9. The van der Waals surface area contributed by atoms with Crippen molar-refractivity contribution in [3.05, 3.63) is 46.8 Å². The fourth-order valence-electron chi connectivity index (χ4n) is 1.72. The molecule has 0 spiro atoms. The maximum Gasteiger partial charge on any atom is 0.336 e. The van der Waals surface area contributed by atoms with Gasteiger partial charge in [0.15, 0.2) is 5.69 Å². The third-order valence-corrected chi connectivity index (χ3v) is 2.75. The molecule has 0 atom stereocenters. The lowest BCUT2D eigenvalue weighted by Crippen LogP contribution is -2.14. The number of carboxylic acids is 1. The molecule has 1 aromatic carbocycles. The standard InChI is InChI=1S/C13H13N3O3/c1-7-6-11(16-15-7)12(17)14-10-5-3-4-9(8(10)2)13(18)19/h3-6H,1-2H3,(H,14,17)(H,15,16)(H,18,19). The van der Waals surface area contributed by atoms with Gasteiger partial charge in [-0.15, -0.1) is 0 Å². The molecule has 0 radical (unpaired) electrons. The van der Waals surface area contributed by atoms with Crippen LogP contribution in [0.5, 0.6) is 0 Å². The highest BCUT2D eigenvalue weighted by Gasteiger charge is 2.14. The van der Waals surface area contributed by atoms with E-state index in [1.165, 1.54) is 6.07 Å². The maximum absolute atomic E-state index is 11.9. The van der Waals surface area contributed by atoms with Crippen molar-refractivity contribution in [3.63, 3.8) is 0 Å². The Morgan fingerprint density at radius 2 is 2.05 bits per heavy atom. The van der Waals surface area contributed by atoms with Crippen LogP contribution in [0.2, 0.25) is 0 Å². The van der Waals surface area contributed by atoms with Gasteiger partial charge in [0.05, 0.1) is 5.56 Å². The van der Waals surface area contributed by atoms with Crippen LogP contribution in [0.4, 0.5) is 5.69 Å². The third-order valence-electron chi connectivity index (χ3n) is 2.75. The van der Waals surface area contributed by atoms with Gasteiger partial charge in [-0.1, -0.05) is 6.07 Å². The molecule has 0 aliphatic heterocycles. The van der Waals surface area contributed by atoms with E-state index < -0.39 is 5.97 Å². The zero-order valence-electron chi connectivity index (χ0n) is 10.5. The van der Waals surface area contributed by atoms with Crippen LogP contribution in [0.25, 0.3) is 0 Å². The molecule has 1 heterocycles. The molecule has 0 aliphatic rings. The minimum absolute atomic E-state index is 0.163. The molecule has 1 aromatic heterocycles. The van der Waals surface area contributed by atoms with Crippen molar-refractivity contribution in [2.45, 2.75) is 13.8 Å². The summed E-state index contributed by atoms with van der Waals surface area (Å²) in [5.41, 5.74) is 2.18.